The number of carbonyl (C=O) groups excluding carboxylic acids is 2. The third kappa shape index (κ3) is 6.01. The van der Waals surface area contributed by atoms with Crippen molar-refractivity contribution in [3.63, 3.8) is 0 Å². The number of amides is 2. The molecule has 3 aromatic rings. The van der Waals surface area contributed by atoms with Crippen LogP contribution in [0.15, 0.2) is 89.3 Å². The molecule has 0 aliphatic carbocycles. The predicted molar refractivity (Wildman–Crippen MR) is 187 cm³/mol. The zero-order valence-corrected chi connectivity index (χ0v) is 27.0. The number of piperidine rings is 3. The maximum Gasteiger partial charge on any atom is 0.234 e. The number of hydrogen-bond acceptors (Lipinski definition) is 9. The summed E-state index contributed by atoms with van der Waals surface area (Å²) >= 11 is 0. The molecule has 0 saturated carbocycles. The minimum absolute atomic E-state index is 0.0160. The van der Waals surface area contributed by atoms with E-state index in [1.165, 1.54) is 11.3 Å². The van der Waals surface area contributed by atoms with Crippen LogP contribution in [-0.4, -0.2) is 76.5 Å². The predicted octanol–water partition coefficient (Wildman–Crippen LogP) is 5.11. The lowest BCUT2D eigenvalue weighted by atomic mass is 9.88. The number of benzene rings is 2. The van der Waals surface area contributed by atoms with E-state index in [1.54, 1.807) is 6.07 Å². The first-order chi connectivity index (χ1) is 23.5. The highest BCUT2D eigenvalue weighted by Crippen LogP contribution is 2.34. The molecule has 48 heavy (non-hydrogen) atoms. The van der Waals surface area contributed by atoms with Crippen molar-refractivity contribution in [2.75, 3.05) is 36.0 Å². The van der Waals surface area contributed by atoms with Gasteiger partial charge in [-0.05, 0) is 98.6 Å². The average Bonchev–Trinajstić information content (AvgIpc) is 3.56. The molecule has 10 heteroatoms. The Kier molecular flexibility index (Phi) is 8.26. The molecule has 0 spiro atoms. The number of aromatic hydroxyl groups is 1. The van der Waals surface area contributed by atoms with Gasteiger partial charge in [0.2, 0.25) is 11.8 Å². The minimum Gasteiger partial charge on any atom is -0.507 e. The summed E-state index contributed by atoms with van der Waals surface area (Å²) < 4.78 is 0. The summed E-state index contributed by atoms with van der Waals surface area (Å²) in [6.45, 7) is 4.30. The zero-order valence-electron chi connectivity index (χ0n) is 27.0. The van der Waals surface area contributed by atoms with Gasteiger partial charge in [-0.1, -0.05) is 30.3 Å². The topological polar surface area (TPSA) is 114 Å². The average molecular weight is 644 g/mol. The largest absolute Gasteiger partial charge is 0.507 e. The van der Waals surface area contributed by atoms with Crippen molar-refractivity contribution >= 4 is 34.7 Å². The van der Waals surface area contributed by atoms with Crippen molar-refractivity contribution in [1.29, 1.82) is 0 Å². The van der Waals surface area contributed by atoms with Gasteiger partial charge in [0.1, 0.15) is 11.6 Å². The summed E-state index contributed by atoms with van der Waals surface area (Å²) in [7, 11) is 0. The van der Waals surface area contributed by atoms with Crippen LogP contribution in [-0.2, 0) is 9.59 Å². The van der Waals surface area contributed by atoms with Crippen molar-refractivity contribution in [2.24, 2.45) is 10.2 Å². The lowest BCUT2D eigenvalue weighted by Gasteiger charge is -2.42. The van der Waals surface area contributed by atoms with Gasteiger partial charge in [-0.3, -0.25) is 14.9 Å². The molecule has 5 aliphatic heterocycles. The fraction of sp³-hybridized carbons (Fsp3) is 0.395. The second-order valence-electron chi connectivity index (χ2n) is 13.6. The van der Waals surface area contributed by atoms with Crippen LogP contribution in [0.1, 0.15) is 73.5 Å². The molecule has 8 rings (SSSR count). The number of rotatable bonds is 6. The van der Waals surface area contributed by atoms with Gasteiger partial charge in [0.25, 0.3) is 0 Å². The Balaban J connectivity index is 0.822. The number of fused-ring (bicyclic) bond motifs is 1. The summed E-state index contributed by atoms with van der Waals surface area (Å²) in [5.41, 5.74) is 5.93. The highest BCUT2D eigenvalue weighted by molar-refractivity contribution is 6.13. The number of pyridine rings is 1. The van der Waals surface area contributed by atoms with E-state index in [4.69, 9.17) is 4.98 Å². The van der Waals surface area contributed by atoms with E-state index in [9.17, 15) is 14.7 Å². The summed E-state index contributed by atoms with van der Waals surface area (Å²) in [6, 6.07) is 20.7. The van der Waals surface area contributed by atoms with Crippen molar-refractivity contribution in [3.05, 3.63) is 95.8 Å². The fourth-order valence-corrected chi connectivity index (χ4v) is 8.08. The number of hydrogen-bond donors (Lipinski definition) is 2. The van der Waals surface area contributed by atoms with Crippen LogP contribution in [0.4, 0.5) is 11.5 Å². The molecule has 2 aromatic carbocycles. The van der Waals surface area contributed by atoms with Crippen LogP contribution in [0.3, 0.4) is 0 Å². The SMILES string of the molecule is O=C1CCC(c2ccc(N3CCC(N4CCC(c5ccc(N6C=CC7=NN=C(c8ccccc8O)CC76)nc5)CC4)CC3)cc2)C(=O)N1. The summed E-state index contributed by atoms with van der Waals surface area (Å²) in [4.78, 5) is 36.0. The highest BCUT2D eigenvalue weighted by Gasteiger charge is 2.34. The van der Waals surface area contributed by atoms with Crippen LogP contribution in [0.5, 0.6) is 5.75 Å². The second-order valence-corrected chi connectivity index (χ2v) is 13.6. The highest BCUT2D eigenvalue weighted by atomic mass is 16.3. The summed E-state index contributed by atoms with van der Waals surface area (Å²) in [6.07, 6.45) is 12.3. The van der Waals surface area contributed by atoms with Crippen LogP contribution in [0.25, 0.3) is 0 Å². The molecule has 0 radical (unpaired) electrons. The number of aromatic nitrogens is 1. The van der Waals surface area contributed by atoms with E-state index in [2.05, 4.69) is 72.8 Å². The van der Waals surface area contributed by atoms with Crippen LogP contribution in [0.2, 0.25) is 0 Å². The number of para-hydroxylation sites is 1. The Labute approximate surface area is 280 Å². The number of phenols is 1. The lowest BCUT2D eigenvalue weighted by molar-refractivity contribution is -0.134. The van der Waals surface area contributed by atoms with Gasteiger partial charge in [0.15, 0.2) is 0 Å². The molecule has 2 amide bonds. The van der Waals surface area contributed by atoms with E-state index in [0.717, 1.165) is 80.2 Å². The van der Waals surface area contributed by atoms with Crippen LogP contribution >= 0.6 is 0 Å². The van der Waals surface area contributed by atoms with E-state index in [0.29, 0.717) is 31.2 Å². The second kappa shape index (κ2) is 13.0. The number of nitrogens with one attached hydrogen (secondary N) is 1. The molecular weight excluding hydrogens is 602 g/mol. The number of anilines is 2. The monoisotopic (exact) mass is 643 g/mol. The Morgan fingerprint density at radius 1 is 0.812 bits per heavy atom. The summed E-state index contributed by atoms with van der Waals surface area (Å²) in [5.74, 6) is 1.06. The fourth-order valence-electron chi connectivity index (χ4n) is 8.08. The molecule has 3 saturated heterocycles. The normalized spacial score (nSPS) is 23.9. The van der Waals surface area contributed by atoms with Gasteiger partial charge >= 0.3 is 0 Å². The molecule has 2 atom stereocenters. The van der Waals surface area contributed by atoms with Gasteiger partial charge < -0.3 is 19.8 Å². The first-order valence-corrected chi connectivity index (χ1v) is 17.3. The minimum atomic E-state index is -0.234. The van der Waals surface area contributed by atoms with Crippen molar-refractivity contribution < 1.29 is 14.7 Å². The third-order valence-corrected chi connectivity index (χ3v) is 10.9. The molecule has 246 valence electrons. The molecule has 5 aliphatic rings. The Bertz CT molecular complexity index is 1770. The molecular formula is C38H41N7O3. The molecule has 2 unspecified atom stereocenters. The van der Waals surface area contributed by atoms with Crippen LogP contribution < -0.4 is 15.1 Å². The van der Waals surface area contributed by atoms with E-state index >= 15 is 0 Å². The standard InChI is InChI=1S/C38H41N7O3/c46-35-4-2-1-3-31(35)33-23-34-32(41-42-33)17-22-45(34)36-11-7-27(24-39-36)25-13-18-43(19-14-25)29-15-20-44(21-16-29)28-8-5-26(6-9-28)30-10-12-37(47)40-38(30)48/h1-9,11,17,22,24-25,29-30,34,46H,10,12-16,18-21,23H2,(H,40,47,48). The van der Waals surface area contributed by atoms with Crippen LogP contribution in [0, 0.1) is 0 Å². The molecule has 10 nitrogen and oxygen atoms in total. The Hall–Kier alpha value is -4.83. The number of likely N-dealkylation sites (tertiary alicyclic amines) is 1. The molecule has 2 N–H and O–H groups in total. The smallest absolute Gasteiger partial charge is 0.234 e. The van der Waals surface area contributed by atoms with Crippen molar-refractivity contribution in [1.82, 2.24) is 15.2 Å². The number of phenolic OH excluding ortho intramolecular Hbond substituents is 1. The first-order valence-electron chi connectivity index (χ1n) is 17.3. The van der Waals surface area contributed by atoms with E-state index in [1.807, 2.05) is 30.5 Å². The van der Waals surface area contributed by atoms with Gasteiger partial charge in [-0.15, -0.1) is 0 Å². The summed E-state index contributed by atoms with van der Waals surface area (Å²) in [5, 5.41) is 21.7. The van der Waals surface area contributed by atoms with Gasteiger partial charge in [-0.2, -0.15) is 10.2 Å². The number of imide groups is 1. The van der Waals surface area contributed by atoms with E-state index < -0.39 is 0 Å². The van der Waals surface area contributed by atoms with Gasteiger partial charge in [0.05, 0.1) is 23.4 Å². The molecule has 0 bridgehead atoms. The molecule has 1 aromatic heterocycles. The zero-order chi connectivity index (χ0) is 32.6. The first kappa shape index (κ1) is 30.5. The maximum atomic E-state index is 12.3. The number of carbonyl (C=O) groups is 2. The Morgan fingerprint density at radius 3 is 2.31 bits per heavy atom. The van der Waals surface area contributed by atoms with E-state index in [-0.39, 0.29) is 29.5 Å². The van der Waals surface area contributed by atoms with Gasteiger partial charge in [-0.25, -0.2) is 4.98 Å². The lowest BCUT2D eigenvalue weighted by Crippen LogP contribution is -2.47. The van der Waals surface area contributed by atoms with Crippen molar-refractivity contribution in [2.45, 2.75) is 68.9 Å². The maximum absolute atomic E-state index is 12.3. The molecule has 3 fully saturated rings. The third-order valence-electron chi connectivity index (χ3n) is 10.9. The number of nitrogens with zero attached hydrogens (tertiary/aromatic N) is 6. The quantitative estimate of drug-likeness (QED) is 0.359. The van der Waals surface area contributed by atoms with Gasteiger partial charge in [0, 0.05) is 55.6 Å². The van der Waals surface area contributed by atoms with Crippen molar-refractivity contribution in [3.8, 4) is 5.75 Å². The molecule has 6 heterocycles. The Morgan fingerprint density at radius 2 is 1.58 bits per heavy atom.